The van der Waals surface area contributed by atoms with Gasteiger partial charge in [0.15, 0.2) is 5.17 Å². The number of methoxy groups -OCH3 is 1. The van der Waals surface area contributed by atoms with E-state index in [2.05, 4.69) is 24.2 Å². The van der Waals surface area contributed by atoms with Gasteiger partial charge in [-0.3, -0.25) is 4.99 Å². The average molecular weight is 244 g/mol. The first-order chi connectivity index (χ1) is 7.72. The van der Waals surface area contributed by atoms with Crippen molar-refractivity contribution in [3.05, 3.63) is 0 Å². The number of nitrogens with zero attached hydrogens (tertiary/aromatic N) is 1. The molecule has 16 heavy (non-hydrogen) atoms. The first-order valence-electron chi connectivity index (χ1n) is 6.15. The number of unbranched alkanes of at least 4 members (excludes halogenated alkanes) is 1. The molecule has 1 rings (SSSR count). The Morgan fingerprint density at radius 3 is 3.00 bits per heavy atom. The number of thioether (sulfide) groups is 1. The molecule has 1 N–H and O–H groups in total. The summed E-state index contributed by atoms with van der Waals surface area (Å²) in [5.74, 6) is 1.94. The summed E-state index contributed by atoms with van der Waals surface area (Å²) in [6.45, 7) is 6.31. The summed E-state index contributed by atoms with van der Waals surface area (Å²) >= 11 is 1.86. The van der Waals surface area contributed by atoms with Crippen molar-refractivity contribution in [2.24, 2.45) is 10.9 Å². The fraction of sp³-hybridized carbons (Fsp3) is 0.917. The summed E-state index contributed by atoms with van der Waals surface area (Å²) in [4.78, 5) is 4.57. The fourth-order valence-electron chi connectivity index (χ4n) is 1.76. The van der Waals surface area contributed by atoms with Crippen LogP contribution in [-0.2, 0) is 4.74 Å². The molecule has 0 saturated carbocycles. The molecule has 1 aliphatic heterocycles. The van der Waals surface area contributed by atoms with Crippen molar-refractivity contribution in [3.63, 3.8) is 0 Å². The van der Waals surface area contributed by atoms with E-state index in [9.17, 15) is 0 Å². The minimum atomic E-state index is 0.628. The smallest absolute Gasteiger partial charge is 0.156 e. The van der Waals surface area contributed by atoms with E-state index in [0.29, 0.717) is 6.04 Å². The Balaban J connectivity index is 2.12. The monoisotopic (exact) mass is 244 g/mol. The quantitative estimate of drug-likeness (QED) is 0.699. The Hall–Kier alpha value is -0.220. The van der Waals surface area contributed by atoms with Crippen LogP contribution in [0.3, 0.4) is 0 Å². The standard InChI is InChI=1S/C12H24N2OS/c1-10(2)8-11-9-16-12(14-11)13-6-4-5-7-15-3/h10-11H,4-9H2,1-3H3,(H,13,14). The third-order valence-corrected chi connectivity index (χ3v) is 3.61. The highest BCUT2D eigenvalue weighted by molar-refractivity contribution is 8.14. The van der Waals surface area contributed by atoms with Gasteiger partial charge >= 0.3 is 0 Å². The Morgan fingerprint density at radius 2 is 2.31 bits per heavy atom. The lowest BCUT2D eigenvalue weighted by Gasteiger charge is -2.11. The lowest BCUT2D eigenvalue weighted by Crippen LogP contribution is -2.28. The van der Waals surface area contributed by atoms with Crippen molar-refractivity contribution in [1.29, 1.82) is 0 Å². The van der Waals surface area contributed by atoms with Gasteiger partial charge in [-0.05, 0) is 25.2 Å². The van der Waals surface area contributed by atoms with Gasteiger partial charge in [0.1, 0.15) is 0 Å². The van der Waals surface area contributed by atoms with E-state index >= 15 is 0 Å². The van der Waals surface area contributed by atoms with Gasteiger partial charge in [-0.25, -0.2) is 0 Å². The van der Waals surface area contributed by atoms with Crippen LogP contribution >= 0.6 is 11.8 Å². The highest BCUT2D eigenvalue weighted by Gasteiger charge is 2.20. The SMILES string of the molecule is COCCCCN=C1NC(CC(C)C)CS1. The van der Waals surface area contributed by atoms with Crippen molar-refractivity contribution in [2.45, 2.75) is 39.2 Å². The third kappa shape index (κ3) is 5.75. The molecule has 0 radical (unpaired) electrons. The molecule has 1 saturated heterocycles. The molecule has 94 valence electrons. The van der Waals surface area contributed by atoms with Gasteiger partial charge in [-0.15, -0.1) is 0 Å². The molecule has 4 heteroatoms. The second-order valence-corrected chi connectivity index (χ2v) is 5.68. The molecule has 0 aromatic rings. The Morgan fingerprint density at radius 1 is 1.50 bits per heavy atom. The number of rotatable bonds is 7. The van der Waals surface area contributed by atoms with Crippen molar-refractivity contribution in [1.82, 2.24) is 5.32 Å². The van der Waals surface area contributed by atoms with Gasteiger partial charge in [0.25, 0.3) is 0 Å². The second-order valence-electron chi connectivity index (χ2n) is 4.67. The van der Waals surface area contributed by atoms with E-state index < -0.39 is 0 Å². The molecule has 0 aliphatic carbocycles. The molecular formula is C12H24N2OS. The number of nitrogens with one attached hydrogen (secondary N) is 1. The maximum Gasteiger partial charge on any atom is 0.156 e. The number of amidine groups is 1. The zero-order chi connectivity index (χ0) is 11.8. The molecule has 0 spiro atoms. The molecular weight excluding hydrogens is 220 g/mol. The predicted molar refractivity (Wildman–Crippen MR) is 72.2 cm³/mol. The van der Waals surface area contributed by atoms with Crippen LogP contribution in [0.5, 0.6) is 0 Å². The normalized spacial score (nSPS) is 23.0. The highest BCUT2D eigenvalue weighted by Crippen LogP contribution is 2.18. The van der Waals surface area contributed by atoms with Gasteiger partial charge in [0.05, 0.1) is 0 Å². The van der Waals surface area contributed by atoms with Crippen LogP contribution in [0.25, 0.3) is 0 Å². The average Bonchev–Trinajstić information content (AvgIpc) is 2.64. The highest BCUT2D eigenvalue weighted by atomic mass is 32.2. The van der Waals surface area contributed by atoms with Gasteiger partial charge in [-0.2, -0.15) is 0 Å². The predicted octanol–water partition coefficient (Wildman–Crippen LogP) is 2.52. The largest absolute Gasteiger partial charge is 0.385 e. The number of ether oxygens (including phenoxy) is 1. The van der Waals surface area contributed by atoms with Crippen LogP contribution in [-0.4, -0.2) is 37.2 Å². The summed E-state index contributed by atoms with van der Waals surface area (Å²) in [6.07, 6.45) is 3.47. The first-order valence-corrected chi connectivity index (χ1v) is 7.13. The molecule has 0 aromatic heterocycles. The van der Waals surface area contributed by atoms with Gasteiger partial charge in [0, 0.05) is 32.1 Å². The molecule has 1 heterocycles. The van der Waals surface area contributed by atoms with Crippen molar-refractivity contribution in [3.8, 4) is 0 Å². The fourth-order valence-corrected chi connectivity index (χ4v) is 2.77. The summed E-state index contributed by atoms with van der Waals surface area (Å²) in [5, 5.41) is 4.64. The number of hydrogen-bond donors (Lipinski definition) is 1. The van der Waals surface area contributed by atoms with Crippen LogP contribution in [0.4, 0.5) is 0 Å². The van der Waals surface area contributed by atoms with Crippen LogP contribution in [0.2, 0.25) is 0 Å². The van der Waals surface area contributed by atoms with E-state index in [4.69, 9.17) is 4.74 Å². The van der Waals surface area contributed by atoms with E-state index in [0.717, 1.165) is 37.1 Å². The van der Waals surface area contributed by atoms with Crippen LogP contribution in [0.15, 0.2) is 4.99 Å². The zero-order valence-electron chi connectivity index (χ0n) is 10.7. The minimum absolute atomic E-state index is 0.628. The molecule has 1 aliphatic rings. The summed E-state index contributed by atoms with van der Waals surface area (Å²) in [7, 11) is 1.75. The van der Waals surface area contributed by atoms with Gasteiger partial charge in [0.2, 0.25) is 0 Å². The van der Waals surface area contributed by atoms with Crippen molar-refractivity contribution >= 4 is 16.9 Å². The molecule has 1 fully saturated rings. The lowest BCUT2D eigenvalue weighted by molar-refractivity contribution is 0.193. The van der Waals surface area contributed by atoms with E-state index in [1.165, 1.54) is 12.2 Å². The van der Waals surface area contributed by atoms with Crippen LogP contribution < -0.4 is 5.32 Å². The van der Waals surface area contributed by atoms with Crippen molar-refractivity contribution in [2.75, 3.05) is 26.0 Å². The molecule has 3 nitrogen and oxygen atoms in total. The molecule has 1 unspecified atom stereocenters. The van der Waals surface area contributed by atoms with E-state index in [1.54, 1.807) is 7.11 Å². The zero-order valence-corrected chi connectivity index (χ0v) is 11.5. The van der Waals surface area contributed by atoms with Gasteiger partial charge in [-0.1, -0.05) is 25.6 Å². The first kappa shape index (κ1) is 13.8. The van der Waals surface area contributed by atoms with E-state index in [1.807, 2.05) is 11.8 Å². The van der Waals surface area contributed by atoms with Crippen LogP contribution in [0.1, 0.15) is 33.1 Å². The number of hydrogen-bond acceptors (Lipinski definition) is 3. The van der Waals surface area contributed by atoms with Crippen molar-refractivity contribution < 1.29 is 4.74 Å². The number of aliphatic imine (C=N–C) groups is 1. The lowest BCUT2D eigenvalue weighted by atomic mass is 10.1. The maximum absolute atomic E-state index is 5.01. The maximum atomic E-state index is 5.01. The summed E-state index contributed by atoms with van der Waals surface area (Å²) in [6, 6.07) is 0.628. The molecule has 0 amide bonds. The summed E-state index contributed by atoms with van der Waals surface area (Å²) < 4.78 is 5.01. The Labute approximate surface area is 103 Å². The summed E-state index contributed by atoms with van der Waals surface area (Å²) in [5.41, 5.74) is 0. The topological polar surface area (TPSA) is 33.6 Å². The molecule has 0 aromatic carbocycles. The minimum Gasteiger partial charge on any atom is -0.385 e. The molecule has 1 atom stereocenters. The second kappa shape index (κ2) is 7.96. The van der Waals surface area contributed by atoms with E-state index in [-0.39, 0.29) is 0 Å². The molecule has 0 bridgehead atoms. The van der Waals surface area contributed by atoms with Crippen LogP contribution in [0, 0.1) is 5.92 Å². The third-order valence-electron chi connectivity index (χ3n) is 2.52. The van der Waals surface area contributed by atoms with Gasteiger partial charge < -0.3 is 10.1 Å². The Kier molecular flexibility index (Phi) is 6.88. The Bertz CT molecular complexity index is 219.